The largest absolute Gasteiger partial charge is 0.493 e. The topological polar surface area (TPSA) is 81.2 Å². The Bertz CT molecular complexity index is 892. The van der Waals surface area contributed by atoms with Gasteiger partial charge < -0.3 is 19.5 Å². The summed E-state index contributed by atoms with van der Waals surface area (Å²) in [5.41, 5.74) is 2.50. The second-order valence-corrected chi connectivity index (χ2v) is 6.98. The van der Waals surface area contributed by atoms with Gasteiger partial charge in [-0.2, -0.15) is 0 Å². The molecule has 30 heavy (non-hydrogen) atoms. The van der Waals surface area contributed by atoms with E-state index in [1.54, 1.807) is 25.3 Å². The second-order valence-electron chi connectivity index (χ2n) is 6.98. The number of carbonyl (C=O) groups is 1. The van der Waals surface area contributed by atoms with Crippen LogP contribution in [0.4, 0.5) is 5.69 Å². The minimum atomic E-state index is -0.288. The van der Waals surface area contributed by atoms with Crippen LogP contribution in [0.25, 0.3) is 0 Å². The quantitative estimate of drug-likeness (QED) is 0.537. The van der Waals surface area contributed by atoms with E-state index in [-0.39, 0.29) is 12.0 Å². The van der Waals surface area contributed by atoms with E-state index in [0.717, 1.165) is 37.1 Å². The highest BCUT2D eigenvalue weighted by Crippen LogP contribution is 2.27. The Labute approximate surface area is 177 Å². The zero-order valence-electron chi connectivity index (χ0n) is 17.7. The molecule has 1 aliphatic heterocycles. The van der Waals surface area contributed by atoms with Gasteiger partial charge in [0.15, 0.2) is 11.5 Å². The van der Waals surface area contributed by atoms with Gasteiger partial charge in [0, 0.05) is 17.9 Å². The molecule has 7 nitrogen and oxygen atoms in total. The van der Waals surface area contributed by atoms with Crippen molar-refractivity contribution < 1.29 is 19.0 Å². The van der Waals surface area contributed by atoms with Crippen molar-refractivity contribution in [2.45, 2.75) is 32.3 Å². The maximum atomic E-state index is 12.9. The average Bonchev–Trinajstić information content (AvgIpc) is 3.31. The Balaban J connectivity index is 1.80. The van der Waals surface area contributed by atoms with Crippen molar-refractivity contribution in [3.05, 3.63) is 53.6 Å². The highest BCUT2D eigenvalue weighted by molar-refractivity contribution is 6.10. The number of nitrogens with zero attached hydrogens (tertiary/aromatic N) is 1. The molecule has 7 heteroatoms. The van der Waals surface area contributed by atoms with Crippen molar-refractivity contribution in [3.8, 4) is 11.5 Å². The van der Waals surface area contributed by atoms with Gasteiger partial charge in [0.25, 0.3) is 5.91 Å². The summed E-state index contributed by atoms with van der Waals surface area (Å²) in [6, 6.07) is 13.0. The third-order valence-corrected chi connectivity index (χ3v) is 5.01. The van der Waals surface area contributed by atoms with Gasteiger partial charge in [-0.1, -0.05) is 25.1 Å². The molecule has 160 valence electrons. The summed E-state index contributed by atoms with van der Waals surface area (Å²) in [7, 11) is 3.10. The van der Waals surface area contributed by atoms with Gasteiger partial charge in [-0.3, -0.25) is 10.1 Å². The number of guanidine groups is 1. The van der Waals surface area contributed by atoms with Crippen LogP contribution in [0.15, 0.2) is 47.5 Å². The van der Waals surface area contributed by atoms with E-state index in [1.807, 2.05) is 18.2 Å². The van der Waals surface area contributed by atoms with Crippen LogP contribution in [0.5, 0.6) is 11.5 Å². The normalized spacial score (nSPS) is 16.2. The van der Waals surface area contributed by atoms with E-state index < -0.39 is 0 Å². The molecule has 0 spiro atoms. The SMILES string of the molecule is CCc1ccccc1NC(=NCC1CCCO1)NC(=O)c1ccc(OC)c(OC)c1. The molecular formula is C23H29N3O4. The van der Waals surface area contributed by atoms with Gasteiger partial charge in [0.05, 0.1) is 26.9 Å². The van der Waals surface area contributed by atoms with E-state index in [1.165, 1.54) is 7.11 Å². The Hall–Kier alpha value is -3.06. The van der Waals surface area contributed by atoms with Crippen LogP contribution in [0, 0.1) is 0 Å². The van der Waals surface area contributed by atoms with Crippen molar-refractivity contribution in [2.24, 2.45) is 4.99 Å². The molecule has 2 N–H and O–H groups in total. The van der Waals surface area contributed by atoms with Gasteiger partial charge in [0.1, 0.15) is 0 Å². The lowest BCUT2D eigenvalue weighted by molar-refractivity contribution is 0.0975. The molecule has 1 aliphatic rings. The maximum absolute atomic E-state index is 12.9. The number of anilines is 1. The number of para-hydroxylation sites is 1. The maximum Gasteiger partial charge on any atom is 0.258 e. The Morgan fingerprint density at radius 2 is 1.97 bits per heavy atom. The van der Waals surface area contributed by atoms with Gasteiger partial charge in [-0.05, 0) is 49.1 Å². The molecule has 2 aromatic rings. The average molecular weight is 412 g/mol. The summed E-state index contributed by atoms with van der Waals surface area (Å²) in [5.74, 6) is 1.17. The van der Waals surface area contributed by atoms with Crippen LogP contribution >= 0.6 is 0 Å². The summed E-state index contributed by atoms with van der Waals surface area (Å²) >= 11 is 0. The van der Waals surface area contributed by atoms with Crippen LogP contribution in [-0.2, 0) is 11.2 Å². The van der Waals surface area contributed by atoms with E-state index >= 15 is 0 Å². The third kappa shape index (κ3) is 5.51. The van der Waals surface area contributed by atoms with Crippen molar-refractivity contribution in [1.82, 2.24) is 5.32 Å². The van der Waals surface area contributed by atoms with Gasteiger partial charge in [-0.15, -0.1) is 0 Å². The number of amides is 1. The molecule has 0 saturated carbocycles. The Morgan fingerprint density at radius 1 is 1.17 bits per heavy atom. The number of aryl methyl sites for hydroxylation is 1. The fraction of sp³-hybridized carbons (Fsp3) is 0.391. The Morgan fingerprint density at radius 3 is 2.67 bits per heavy atom. The third-order valence-electron chi connectivity index (χ3n) is 5.01. The first-order valence-electron chi connectivity index (χ1n) is 10.2. The van der Waals surface area contributed by atoms with Crippen molar-refractivity contribution in [2.75, 3.05) is 32.7 Å². The standard InChI is InChI=1S/C23H29N3O4/c1-4-16-8-5-6-10-19(16)25-23(24-15-18-9-7-13-30-18)26-22(27)17-11-12-20(28-2)21(14-17)29-3/h5-6,8,10-12,14,18H,4,7,9,13,15H2,1-3H3,(H2,24,25,26,27). The van der Waals surface area contributed by atoms with E-state index in [4.69, 9.17) is 14.2 Å². The molecule has 1 atom stereocenters. The molecular weight excluding hydrogens is 382 g/mol. The van der Waals surface area contributed by atoms with Crippen LogP contribution in [0.1, 0.15) is 35.7 Å². The van der Waals surface area contributed by atoms with Crippen LogP contribution in [0.2, 0.25) is 0 Å². The minimum absolute atomic E-state index is 0.0844. The predicted octanol–water partition coefficient (Wildman–Crippen LogP) is 3.64. The second kappa shape index (κ2) is 10.6. The molecule has 0 aromatic heterocycles. The Kier molecular flexibility index (Phi) is 7.68. The van der Waals surface area contributed by atoms with Gasteiger partial charge in [0.2, 0.25) is 5.96 Å². The molecule has 1 saturated heterocycles. The van der Waals surface area contributed by atoms with Crippen LogP contribution in [0.3, 0.4) is 0 Å². The zero-order chi connectivity index (χ0) is 21.3. The number of benzene rings is 2. The predicted molar refractivity (Wildman–Crippen MR) is 118 cm³/mol. The first-order valence-corrected chi connectivity index (χ1v) is 10.2. The minimum Gasteiger partial charge on any atom is -0.493 e. The van der Waals surface area contributed by atoms with Gasteiger partial charge in [-0.25, -0.2) is 4.99 Å². The molecule has 0 radical (unpaired) electrons. The highest BCUT2D eigenvalue weighted by Gasteiger charge is 2.17. The fourth-order valence-electron chi connectivity index (χ4n) is 3.33. The lowest BCUT2D eigenvalue weighted by atomic mass is 10.1. The number of nitrogens with one attached hydrogen (secondary N) is 2. The van der Waals surface area contributed by atoms with Gasteiger partial charge >= 0.3 is 0 Å². The molecule has 3 rings (SSSR count). The lowest BCUT2D eigenvalue weighted by Crippen LogP contribution is -2.37. The number of ether oxygens (including phenoxy) is 3. The fourth-order valence-corrected chi connectivity index (χ4v) is 3.33. The molecule has 1 amide bonds. The molecule has 1 fully saturated rings. The zero-order valence-corrected chi connectivity index (χ0v) is 17.7. The first kappa shape index (κ1) is 21.6. The number of carbonyl (C=O) groups excluding carboxylic acids is 1. The summed E-state index contributed by atoms with van der Waals surface area (Å²) in [5, 5.41) is 6.17. The number of aliphatic imine (C=N–C) groups is 1. The molecule has 1 heterocycles. The highest BCUT2D eigenvalue weighted by atomic mass is 16.5. The number of rotatable bonds is 7. The van der Waals surface area contributed by atoms with Crippen LogP contribution < -0.4 is 20.1 Å². The smallest absolute Gasteiger partial charge is 0.258 e. The summed E-state index contributed by atoms with van der Waals surface area (Å²) in [4.78, 5) is 17.5. The summed E-state index contributed by atoms with van der Waals surface area (Å²) in [6.45, 7) is 3.34. The number of methoxy groups -OCH3 is 2. The van der Waals surface area contributed by atoms with Crippen molar-refractivity contribution in [3.63, 3.8) is 0 Å². The first-order chi connectivity index (χ1) is 14.6. The van der Waals surface area contributed by atoms with E-state index in [9.17, 15) is 4.79 Å². The van der Waals surface area contributed by atoms with Crippen molar-refractivity contribution >= 4 is 17.6 Å². The molecule has 1 unspecified atom stereocenters. The van der Waals surface area contributed by atoms with Crippen molar-refractivity contribution in [1.29, 1.82) is 0 Å². The summed E-state index contributed by atoms with van der Waals surface area (Å²) in [6.07, 6.45) is 2.97. The lowest BCUT2D eigenvalue weighted by Gasteiger charge is -2.16. The number of hydrogen-bond donors (Lipinski definition) is 2. The molecule has 0 bridgehead atoms. The number of hydrogen-bond acceptors (Lipinski definition) is 5. The molecule has 2 aromatic carbocycles. The van der Waals surface area contributed by atoms with E-state index in [2.05, 4.69) is 28.6 Å². The monoisotopic (exact) mass is 411 g/mol. The molecule has 0 aliphatic carbocycles. The van der Waals surface area contributed by atoms with Crippen LogP contribution in [-0.4, -0.2) is 45.3 Å². The van der Waals surface area contributed by atoms with E-state index in [0.29, 0.717) is 29.6 Å². The summed E-state index contributed by atoms with van der Waals surface area (Å²) < 4.78 is 16.2.